The van der Waals surface area contributed by atoms with Crippen LogP contribution >= 0.6 is 62.5 Å². The molecule has 0 atom stereocenters. The summed E-state index contributed by atoms with van der Waals surface area (Å²) in [5, 5.41) is 0. The summed E-state index contributed by atoms with van der Waals surface area (Å²) in [5.41, 5.74) is 0. The molecule has 0 N–H and O–H groups in total. The van der Waals surface area contributed by atoms with Gasteiger partial charge >= 0.3 is 0 Å². The number of hydrogen-bond donors (Lipinski definition) is 0. The van der Waals surface area contributed by atoms with E-state index in [9.17, 15) is 0 Å². The first-order valence-electron chi connectivity index (χ1n) is 0.628. The van der Waals surface area contributed by atoms with Crippen molar-refractivity contribution in [2.75, 3.05) is 0 Å². The van der Waals surface area contributed by atoms with Crippen molar-refractivity contribution >= 4 is 62.5 Å². The fourth-order valence-corrected chi connectivity index (χ4v) is 0. The zero-order valence-corrected chi connectivity index (χ0v) is 8.24. The first kappa shape index (κ1) is 9.71. The summed E-state index contributed by atoms with van der Waals surface area (Å²) in [6, 6.07) is 0. The van der Waals surface area contributed by atoms with Crippen molar-refractivity contribution in [2.24, 2.45) is 0 Å². The summed E-state index contributed by atoms with van der Waals surface area (Å²) < 4.78 is 2.57. The summed E-state index contributed by atoms with van der Waals surface area (Å²) >= 11 is 4.82. The van der Waals surface area contributed by atoms with Crippen LogP contribution in [0.15, 0.2) is 0 Å². The maximum absolute atomic E-state index is 2.88. The third-order valence-corrected chi connectivity index (χ3v) is 1.24. The van der Waals surface area contributed by atoms with Gasteiger partial charge in [0.25, 0.3) is 0 Å². The van der Waals surface area contributed by atoms with E-state index in [1.165, 1.54) is 0 Å². The predicted molar refractivity (Wildman–Crippen MR) is 46.1 cm³/mol. The second kappa shape index (κ2) is 9.09. The van der Waals surface area contributed by atoms with Crippen molar-refractivity contribution in [3.63, 3.8) is 0 Å². The molecule has 0 aromatic rings. The molecule has 0 amide bonds. The van der Waals surface area contributed by atoms with Crippen LogP contribution in [0.25, 0.3) is 0 Å². The Morgan fingerprint density at radius 2 is 1.80 bits per heavy atom. The van der Waals surface area contributed by atoms with Gasteiger partial charge in [-0.05, 0) is 8.76 Å². The van der Waals surface area contributed by atoms with Crippen molar-refractivity contribution < 1.29 is 0 Å². The summed E-state index contributed by atoms with van der Waals surface area (Å²) in [7, 11) is 0. The van der Waals surface area contributed by atoms with Crippen LogP contribution in [0, 0.1) is 8.76 Å². The Kier molecular flexibility index (Phi) is 17.7. The van der Waals surface area contributed by atoms with Gasteiger partial charge in [0.2, 0.25) is 0 Å². The number of rotatable bonds is 0. The first-order chi connectivity index (χ1) is 1.91. The highest BCUT2D eigenvalue weighted by molar-refractivity contribution is 14.1. The third kappa shape index (κ3) is 10.8. The molecule has 0 aromatic heterocycles. The molecule has 30 valence electrons. The lowest BCUT2D eigenvalue weighted by Gasteiger charge is -1.33. The van der Waals surface area contributed by atoms with E-state index in [1.807, 2.05) is 22.6 Å². The van der Waals surface area contributed by atoms with E-state index in [0.29, 0.717) is 0 Å². The van der Waals surface area contributed by atoms with E-state index in [4.69, 9.17) is 0 Å². The Hall–Kier alpha value is 1.50. The summed E-state index contributed by atoms with van der Waals surface area (Å²) in [5.74, 6) is 0. The van der Waals surface area contributed by atoms with E-state index >= 15 is 0 Å². The molecule has 0 aliphatic heterocycles. The second-order valence-electron chi connectivity index (χ2n) is 0.189. The van der Waals surface area contributed by atoms with Gasteiger partial charge in [-0.3, -0.25) is 0 Å². The molecule has 3 heteroatoms. The van der Waals surface area contributed by atoms with Crippen LogP contribution in [0.1, 0.15) is 0 Å². The third-order valence-electron chi connectivity index (χ3n) is 0.0357. The average molecular weight is 359 g/mol. The first-order valence-corrected chi connectivity index (χ1v) is 2.50. The lowest BCUT2D eigenvalue weighted by molar-refractivity contribution is 3.18. The molecule has 0 spiro atoms. The topological polar surface area (TPSA) is 0 Å². The Labute approximate surface area is 70.4 Å². The molecule has 0 nitrogen and oxygen atoms in total. The zero-order chi connectivity index (χ0) is 3.41. The summed E-state index contributed by atoms with van der Waals surface area (Å²) in [6.07, 6.45) is 0. The van der Waals surface area contributed by atoms with Crippen LogP contribution in [0.2, 0.25) is 0 Å². The lowest BCUT2D eigenvalue weighted by Crippen LogP contribution is -1.09. The van der Waals surface area contributed by atoms with Gasteiger partial charge in [0.15, 0.2) is 0 Å². The molecule has 0 radical (unpaired) electrons. The van der Waals surface area contributed by atoms with Crippen LogP contribution in [-0.4, -0.2) is 0 Å². The normalized spacial score (nSPS) is 2.80. The Balaban J connectivity index is 0. The Morgan fingerprint density at radius 1 is 1.60 bits per heavy atom. The molecular formula is C2HBrI2. The van der Waals surface area contributed by atoms with Gasteiger partial charge in [0.1, 0.15) is 0 Å². The van der Waals surface area contributed by atoms with E-state index in [-0.39, 0.29) is 24.0 Å². The largest absolute Gasteiger partial charge is 0.107 e. The maximum atomic E-state index is 2.88. The molecular weight excluding hydrogens is 358 g/mol. The molecule has 0 fully saturated rings. The minimum Gasteiger partial charge on any atom is -0.107 e. The van der Waals surface area contributed by atoms with E-state index in [1.54, 1.807) is 0 Å². The second-order valence-corrected chi connectivity index (χ2v) is 1.12. The van der Waals surface area contributed by atoms with Gasteiger partial charge < -0.3 is 0 Å². The summed E-state index contributed by atoms with van der Waals surface area (Å²) in [6.45, 7) is 0. The van der Waals surface area contributed by atoms with Gasteiger partial charge in [-0.15, -0.1) is 24.0 Å². The summed E-state index contributed by atoms with van der Waals surface area (Å²) in [4.78, 5) is 2.48. The SMILES string of the molecule is BrC#CI.I. The van der Waals surface area contributed by atoms with Crippen LogP contribution in [0.4, 0.5) is 0 Å². The highest BCUT2D eigenvalue weighted by Crippen LogP contribution is 1.73. The fourth-order valence-electron chi connectivity index (χ4n) is 0. The highest BCUT2D eigenvalue weighted by Gasteiger charge is 1.33. The molecule has 0 unspecified atom stereocenters. The Bertz CT molecular complexity index is 44.4. The number of hydrogen-bond acceptors (Lipinski definition) is 0. The van der Waals surface area contributed by atoms with Crippen molar-refractivity contribution in [2.45, 2.75) is 0 Å². The maximum Gasteiger partial charge on any atom is 0.0191 e. The smallest absolute Gasteiger partial charge is 0.0191 e. The lowest BCUT2D eigenvalue weighted by atomic mass is 11.4. The van der Waals surface area contributed by atoms with Gasteiger partial charge in [0.05, 0.1) is 0 Å². The molecule has 0 heterocycles. The molecule has 0 rings (SSSR count). The molecule has 0 saturated heterocycles. The van der Waals surface area contributed by atoms with Gasteiger partial charge in [-0.2, -0.15) is 0 Å². The van der Waals surface area contributed by atoms with Crippen molar-refractivity contribution in [3.05, 3.63) is 0 Å². The molecule has 0 bridgehead atoms. The number of halogens is 3. The van der Waals surface area contributed by atoms with Gasteiger partial charge in [-0.25, -0.2) is 0 Å². The van der Waals surface area contributed by atoms with Crippen molar-refractivity contribution in [3.8, 4) is 8.76 Å². The standard InChI is InChI=1S/C2BrI.HI/c3-1-2-4;/h;1H. The average Bonchev–Trinajstić information content (AvgIpc) is 1.37. The monoisotopic (exact) mass is 358 g/mol. The Morgan fingerprint density at radius 3 is 1.80 bits per heavy atom. The highest BCUT2D eigenvalue weighted by atomic mass is 127. The van der Waals surface area contributed by atoms with Crippen LogP contribution in [0.5, 0.6) is 0 Å². The van der Waals surface area contributed by atoms with Crippen LogP contribution in [0.3, 0.4) is 0 Å². The van der Waals surface area contributed by atoms with Gasteiger partial charge in [-0.1, -0.05) is 0 Å². The van der Waals surface area contributed by atoms with Crippen molar-refractivity contribution in [1.82, 2.24) is 0 Å². The molecule has 0 saturated carbocycles. The molecule has 5 heavy (non-hydrogen) atoms. The fraction of sp³-hybridized carbons (Fsp3) is 0. The minimum atomic E-state index is 0. The van der Waals surface area contributed by atoms with E-state index < -0.39 is 0 Å². The quantitative estimate of drug-likeness (QED) is 0.461. The predicted octanol–water partition coefficient (Wildman–Crippen LogP) is 2.35. The molecule has 0 aliphatic rings. The molecule has 0 aliphatic carbocycles. The molecule has 0 aromatic carbocycles. The van der Waals surface area contributed by atoms with Crippen LogP contribution in [-0.2, 0) is 0 Å². The minimum absolute atomic E-state index is 0. The van der Waals surface area contributed by atoms with E-state index in [2.05, 4.69) is 24.7 Å². The van der Waals surface area contributed by atoms with E-state index in [0.717, 1.165) is 0 Å². The zero-order valence-electron chi connectivity index (χ0n) is 2.16. The van der Waals surface area contributed by atoms with Gasteiger partial charge in [0, 0.05) is 38.5 Å². The van der Waals surface area contributed by atoms with Crippen molar-refractivity contribution in [1.29, 1.82) is 0 Å². The van der Waals surface area contributed by atoms with Crippen LogP contribution < -0.4 is 0 Å².